The molecule has 0 unspecified atom stereocenters. The molecule has 4 heteroatoms. The second-order valence-electron chi connectivity index (χ2n) is 3.37. The summed E-state index contributed by atoms with van der Waals surface area (Å²) in [7, 11) is 1.32. The fraction of sp³-hybridized carbons (Fsp3) is 0.273. The van der Waals surface area contributed by atoms with Gasteiger partial charge in [0, 0.05) is 17.5 Å². The summed E-state index contributed by atoms with van der Waals surface area (Å²) in [4.78, 5) is 24.6. The molecule has 78 valence electrons. The van der Waals surface area contributed by atoms with Crippen LogP contribution in [0.1, 0.15) is 6.42 Å². The average molecular weight is 205 g/mol. The first-order chi connectivity index (χ1) is 7.22. The Balaban J connectivity index is 2.27. The van der Waals surface area contributed by atoms with Gasteiger partial charge in [0.25, 0.3) is 0 Å². The number of esters is 1. The lowest BCUT2D eigenvalue weighted by Crippen LogP contribution is -2.15. The lowest BCUT2D eigenvalue weighted by atomic mass is 10.1. The van der Waals surface area contributed by atoms with Gasteiger partial charge in [-0.1, -0.05) is 6.08 Å². The molecule has 0 radical (unpaired) electrons. The number of hydrogen-bond donors (Lipinski definition) is 0. The molecule has 2 rings (SSSR count). The molecule has 0 amide bonds. The Morgan fingerprint density at radius 2 is 2.33 bits per heavy atom. The highest BCUT2D eigenvalue weighted by molar-refractivity contribution is 6.04. The van der Waals surface area contributed by atoms with Crippen molar-refractivity contribution < 1.29 is 14.3 Å². The Morgan fingerprint density at radius 3 is 3.07 bits per heavy atom. The van der Waals surface area contributed by atoms with Gasteiger partial charge in [-0.25, -0.2) is 0 Å². The molecule has 0 fully saturated rings. The molecule has 0 aromatic rings. The first kappa shape index (κ1) is 9.71. The zero-order valence-corrected chi connectivity index (χ0v) is 8.40. The largest absolute Gasteiger partial charge is 0.469 e. The number of hydrogen-bond acceptors (Lipinski definition) is 4. The molecule has 4 nitrogen and oxygen atoms in total. The highest BCUT2D eigenvalue weighted by atomic mass is 16.5. The van der Waals surface area contributed by atoms with Gasteiger partial charge in [0.05, 0.1) is 20.1 Å². The number of nitrogens with zero attached hydrogens (tertiary/aromatic N) is 1. The van der Waals surface area contributed by atoms with Crippen molar-refractivity contribution in [2.24, 2.45) is 0 Å². The molecular formula is C11H11NO3. The number of ether oxygens (including phenoxy) is 1. The van der Waals surface area contributed by atoms with E-state index in [9.17, 15) is 9.59 Å². The van der Waals surface area contributed by atoms with E-state index in [0.29, 0.717) is 12.1 Å². The summed E-state index contributed by atoms with van der Waals surface area (Å²) in [5.74, 6) is -0.387. The maximum Gasteiger partial charge on any atom is 0.310 e. The molecule has 0 saturated carbocycles. The van der Waals surface area contributed by atoms with Crippen molar-refractivity contribution in [3.05, 3.63) is 35.7 Å². The molecule has 0 aromatic carbocycles. The lowest BCUT2D eigenvalue weighted by Gasteiger charge is -2.16. The Hall–Kier alpha value is -1.84. The minimum absolute atomic E-state index is 0.00778. The topological polar surface area (TPSA) is 46.6 Å². The van der Waals surface area contributed by atoms with Crippen molar-refractivity contribution in [2.45, 2.75) is 6.42 Å². The summed E-state index contributed by atoms with van der Waals surface area (Å²) in [5.41, 5.74) is 1.36. The molecule has 15 heavy (non-hydrogen) atoms. The predicted molar refractivity (Wildman–Crippen MR) is 53.7 cm³/mol. The van der Waals surface area contributed by atoms with E-state index in [1.54, 1.807) is 0 Å². The number of rotatable bonds is 2. The SMILES string of the molecule is COC(=O)CC1=C2C=CC=CN2CC1=O. The van der Waals surface area contributed by atoms with Gasteiger partial charge >= 0.3 is 5.97 Å². The van der Waals surface area contributed by atoms with Crippen LogP contribution in [0.25, 0.3) is 0 Å². The Kier molecular flexibility index (Phi) is 2.41. The van der Waals surface area contributed by atoms with E-state index in [4.69, 9.17) is 0 Å². The van der Waals surface area contributed by atoms with E-state index >= 15 is 0 Å². The number of Topliss-reactive ketones (excluding diaryl/α,β-unsaturated/α-hetero) is 1. The Labute approximate surface area is 87.5 Å². The van der Waals surface area contributed by atoms with E-state index in [0.717, 1.165) is 5.70 Å². The van der Waals surface area contributed by atoms with Gasteiger partial charge in [-0.3, -0.25) is 9.59 Å². The highest BCUT2D eigenvalue weighted by Gasteiger charge is 2.29. The molecule has 0 bridgehead atoms. The summed E-state index contributed by atoms with van der Waals surface area (Å²) in [6.07, 6.45) is 7.43. The van der Waals surface area contributed by atoms with Crippen molar-refractivity contribution in [2.75, 3.05) is 13.7 Å². The molecule has 0 atom stereocenters. The van der Waals surface area contributed by atoms with Crippen LogP contribution in [0.15, 0.2) is 35.7 Å². The van der Waals surface area contributed by atoms with Crippen LogP contribution in [0.3, 0.4) is 0 Å². The van der Waals surface area contributed by atoms with Crippen LogP contribution in [-0.4, -0.2) is 30.3 Å². The number of methoxy groups -OCH3 is 1. The molecule has 0 aliphatic carbocycles. The van der Waals surface area contributed by atoms with E-state index in [-0.39, 0.29) is 18.2 Å². The Bertz CT molecular complexity index is 404. The van der Waals surface area contributed by atoms with Gasteiger partial charge < -0.3 is 9.64 Å². The summed E-state index contributed by atoms with van der Waals surface area (Å²) >= 11 is 0. The van der Waals surface area contributed by atoms with E-state index in [1.807, 2.05) is 29.3 Å². The molecule has 2 aliphatic rings. The zero-order valence-electron chi connectivity index (χ0n) is 8.40. The molecule has 0 spiro atoms. The zero-order chi connectivity index (χ0) is 10.8. The van der Waals surface area contributed by atoms with Crippen molar-refractivity contribution in [1.29, 1.82) is 0 Å². The van der Waals surface area contributed by atoms with Gasteiger partial charge in [-0.15, -0.1) is 0 Å². The van der Waals surface area contributed by atoms with Gasteiger partial charge in [-0.2, -0.15) is 0 Å². The normalized spacial score (nSPS) is 18.5. The monoisotopic (exact) mass is 205 g/mol. The van der Waals surface area contributed by atoms with Gasteiger partial charge in [-0.05, 0) is 12.2 Å². The van der Waals surface area contributed by atoms with E-state index in [2.05, 4.69) is 4.74 Å². The van der Waals surface area contributed by atoms with Gasteiger partial charge in [0.15, 0.2) is 5.78 Å². The van der Waals surface area contributed by atoms with Crippen molar-refractivity contribution in [1.82, 2.24) is 4.90 Å². The quantitative estimate of drug-likeness (QED) is 0.625. The number of ketones is 1. The summed E-state index contributed by atoms with van der Waals surface area (Å²) in [6.45, 7) is 0.322. The number of carbonyl (C=O) groups excluding carboxylic acids is 2. The van der Waals surface area contributed by atoms with Crippen LogP contribution in [0.4, 0.5) is 0 Å². The van der Waals surface area contributed by atoms with Crippen molar-refractivity contribution in [3.63, 3.8) is 0 Å². The molecule has 2 heterocycles. The van der Waals surface area contributed by atoms with Gasteiger partial charge in [0.1, 0.15) is 0 Å². The molecule has 0 saturated heterocycles. The van der Waals surface area contributed by atoms with E-state index < -0.39 is 0 Å². The fourth-order valence-corrected chi connectivity index (χ4v) is 1.69. The lowest BCUT2D eigenvalue weighted by molar-refractivity contribution is -0.140. The first-order valence-electron chi connectivity index (χ1n) is 4.67. The maximum absolute atomic E-state index is 11.6. The molecule has 2 aliphatic heterocycles. The molecular weight excluding hydrogens is 194 g/mol. The number of carbonyl (C=O) groups is 2. The fourth-order valence-electron chi connectivity index (χ4n) is 1.69. The summed E-state index contributed by atoms with van der Waals surface area (Å²) in [6, 6.07) is 0. The third kappa shape index (κ3) is 1.70. The highest BCUT2D eigenvalue weighted by Crippen LogP contribution is 2.26. The predicted octanol–water partition coefficient (Wildman–Crippen LogP) is 0.772. The van der Waals surface area contributed by atoms with Crippen LogP contribution in [-0.2, 0) is 14.3 Å². The minimum atomic E-state index is -0.379. The maximum atomic E-state index is 11.6. The van der Waals surface area contributed by atoms with Crippen LogP contribution in [0, 0.1) is 0 Å². The van der Waals surface area contributed by atoms with Crippen molar-refractivity contribution >= 4 is 11.8 Å². The average Bonchev–Trinajstić information content (AvgIpc) is 2.55. The molecule has 0 aromatic heterocycles. The van der Waals surface area contributed by atoms with Crippen LogP contribution in [0.5, 0.6) is 0 Å². The summed E-state index contributed by atoms with van der Waals surface area (Å²) < 4.78 is 4.55. The third-order valence-corrected chi connectivity index (χ3v) is 2.45. The number of fused-ring (bicyclic) bond motifs is 1. The summed E-state index contributed by atoms with van der Waals surface area (Å²) in [5, 5.41) is 0. The van der Waals surface area contributed by atoms with Gasteiger partial charge in [0.2, 0.25) is 0 Å². The van der Waals surface area contributed by atoms with Crippen LogP contribution in [0.2, 0.25) is 0 Å². The Morgan fingerprint density at radius 1 is 1.53 bits per heavy atom. The van der Waals surface area contributed by atoms with E-state index in [1.165, 1.54) is 7.11 Å². The van der Waals surface area contributed by atoms with Crippen LogP contribution < -0.4 is 0 Å². The minimum Gasteiger partial charge on any atom is -0.469 e. The van der Waals surface area contributed by atoms with Crippen LogP contribution >= 0.6 is 0 Å². The smallest absolute Gasteiger partial charge is 0.310 e. The standard InChI is InChI=1S/C11H11NO3/c1-15-11(14)6-8-9-4-2-3-5-12(9)7-10(8)13/h2-5H,6-7H2,1H3. The first-order valence-corrected chi connectivity index (χ1v) is 4.67. The number of allylic oxidation sites excluding steroid dienone is 3. The second-order valence-corrected chi connectivity index (χ2v) is 3.37. The third-order valence-electron chi connectivity index (χ3n) is 2.45. The molecule has 0 N–H and O–H groups in total. The van der Waals surface area contributed by atoms with Crippen molar-refractivity contribution in [3.8, 4) is 0 Å². The second kappa shape index (κ2) is 3.73.